The second kappa shape index (κ2) is 4.21. The highest BCUT2D eigenvalue weighted by atomic mass is 32.1. The number of fused-ring (bicyclic) bond motifs is 1. The monoisotopic (exact) mass is 232 g/mol. The minimum absolute atomic E-state index is 0.0835. The molecule has 0 atom stereocenters. The lowest BCUT2D eigenvalue weighted by Gasteiger charge is -1.99. The summed E-state index contributed by atoms with van der Waals surface area (Å²) in [5, 5.41) is 8.81. The van der Waals surface area contributed by atoms with Crippen LogP contribution in [-0.4, -0.2) is 11.8 Å². The molecule has 4 nitrogen and oxygen atoms in total. The van der Waals surface area contributed by atoms with Crippen molar-refractivity contribution in [3.05, 3.63) is 29.3 Å². The van der Waals surface area contributed by atoms with Crippen molar-refractivity contribution in [1.82, 2.24) is 0 Å². The molecule has 1 heterocycles. The quantitative estimate of drug-likeness (QED) is 0.476. The number of nitrogens with zero attached hydrogens (tertiary/aromatic N) is 1. The van der Waals surface area contributed by atoms with Crippen LogP contribution in [0.2, 0.25) is 0 Å². The molecule has 0 spiro atoms. The summed E-state index contributed by atoms with van der Waals surface area (Å²) >= 11 is 4.75. The first kappa shape index (κ1) is 10.5. The van der Waals surface area contributed by atoms with Gasteiger partial charge in [0, 0.05) is 0 Å². The molecule has 1 aromatic carbocycles. The predicted molar refractivity (Wildman–Crippen MR) is 62.9 cm³/mol. The average molecular weight is 232 g/mol. The SMILES string of the molecule is N#C/C(=C\c1ccc2c(c1)OCO2)C(N)=S. The van der Waals surface area contributed by atoms with Gasteiger partial charge in [-0.05, 0) is 23.8 Å². The van der Waals surface area contributed by atoms with Crippen molar-refractivity contribution < 1.29 is 9.47 Å². The van der Waals surface area contributed by atoms with Crippen LogP contribution in [0.1, 0.15) is 5.56 Å². The molecule has 16 heavy (non-hydrogen) atoms. The average Bonchev–Trinajstić information content (AvgIpc) is 2.72. The van der Waals surface area contributed by atoms with Crippen LogP contribution in [-0.2, 0) is 0 Å². The van der Waals surface area contributed by atoms with Crippen LogP contribution in [0.15, 0.2) is 23.8 Å². The first-order valence-electron chi connectivity index (χ1n) is 4.52. The Morgan fingerprint density at radius 2 is 2.19 bits per heavy atom. The lowest BCUT2D eigenvalue weighted by molar-refractivity contribution is 0.174. The van der Waals surface area contributed by atoms with Crippen LogP contribution in [0.3, 0.4) is 0 Å². The molecule has 0 radical (unpaired) electrons. The van der Waals surface area contributed by atoms with E-state index in [4.69, 9.17) is 32.7 Å². The van der Waals surface area contributed by atoms with Gasteiger partial charge in [-0.1, -0.05) is 18.3 Å². The second-order valence-corrected chi connectivity index (χ2v) is 3.59. The normalized spacial score (nSPS) is 13.3. The van der Waals surface area contributed by atoms with Crippen LogP contribution >= 0.6 is 12.2 Å². The minimum atomic E-state index is 0.0835. The first-order chi connectivity index (χ1) is 7.70. The molecule has 0 unspecified atom stereocenters. The molecular formula is C11H8N2O2S. The summed E-state index contributed by atoms with van der Waals surface area (Å²) in [4.78, 5) is 0.0835. The predicted octanol–water partition coefficient (Wildman–Crippen LogP) is 1.61. The van der Waals surface area contributed by atoms with Crippen molar-refractivity contribution >= 4 is 23.3 Å². The highest BCUT2D eigenvalue weighted by molar-refractivity contribution is 7.80. The van der Waals surface area contributed by atoms with Gasteiger partial charge in [0.15, 0.2) is 11.5 Å². The van der Waals surface area contributed by atoms with Gasteiger partial charge in [-0.3, -0.25) is 0 Å². The molecule has 2 rings (SSSR count). The van der Waals surface area contributed by atoms with E-state index in [0.717, 1.165) is 5.56 Å². The fourth-order valence-corrected chi connectivity index (χ4v) is 1.43. The summed E-state index contributed by atoms with van der Waals surface area (Å²) < 4.78 is 10.4. The van der Waals surface area contributed by atoms with Gasteiger partial charge in [0.05, 0.1) is 5.57 Å². The van der Waals surface area contributed by atoms with E-state index in [1.165, 1.54) is 0 Å². The third kappa shape index (κ3) is 1.97. The van der Waals surface area contributed by atoms with E-state index in [1.807, 2.05) is 12.1 Å². The highest BCUT2D eigenvalue weighted by Crippen LogP contribution is 2.32. The number of hydrogen-bond donors (Lipinski definition) is 1. The van der Waals surface area contributed by atoms with Crippen LogP contribution in [0, 0.1) is 11.3 Å². The fourth-order valence-electron chi connectivity index (χ4n) is 1.33. The van der Waals surface area contributed by atoms with E-state index >= 15 is 0 Å². The molecule has 0 saturated carbocycles. The number of ether oxygens (including phenoxy) is 2. The Labute approximate surface area is 97.9 Å². The summed E-state index contributed by atoms with van der Waals surface area (Å²) in [6, 6.07) is 7.31. The number of hydrogen-bond acceptors (Lipinski definition) is 4. The Morgan fingerprint density at radius 3 is 2.88 bits per heavy atom. The van der Waals surface area contributed by atoms with Gasteiger partial charge < -0.3 is 15.2 Å². The summed E-state index contributed by atoms with van der Waals surface area (Å²) in [5.74, 6) is 1.36. The Balaban J connectivity index is 2.36. The van der Waals surface area contributed by atoms with E-state index < -0.39 is 0 Å². The largest absolute Gasteiger partial charge is 0.454 e. The number of benzene rings is 1. The molecular weight excluding hydrogens is 224 g/mol. The van der Waals surface area contributed by atoms with E-state index in [2.05, 4.69) is 0 Å². The molecule has 1 aromatic rings. The molecule has 2 N–H and O–H groups in total. The third-order valence-corrected chi connectivity index (χ3v) is 2.31. The Kier molecular flexibility index (Phi) is 2.75. The van der Waals surface area contributed by atoms with Gasteiger partial charge in [-0.25, -0.2) is 0 Å². The molecule has 0 aliphatic carbocycles. The van der Waals surface area contributed by atoms with Gasteiger partial charge >= 0.3 is 0 Å². The van der Waals surface area contributed by atoms with Gasteiger partial charge in [-0.15, -0.1) is 0 Å². The number of nitrogens with two attached hydrogens (primary N) is 1. The van der Waals surface area contributed by atoms with Crippen molar-refractivity contribution in [2.45, 2.75) is 0 Å². The maximum atomic E-state index is 8.81. The summed E-state index contributed by atoms with van der Waals surface area (Å²) in [7, 11) is 0. The number of rotatable bonds is 2. The molecule has 0 fully saturated rings. The van der Waals surface area contributed by atoms with Gasteiger partial charge in [0.2, 0.25) is 6.79 Å². The zero-order chi connectivity index (χ0) is 11.5. The molecule has 80 valence electrons. The van der Waals surface area contributed by atoms with Crippen molar-refractivity contribution in [2.75, 3.05) is 6.79 Å². The van der Waals surface area contributed by atoms with E-state index in [9.17, 15) is 0 Å². The van der Waals surface area contributed by atoms with Crippen molar-refractivity contribution in [3.63, 3.8) is 0 Å². The van der Waals surface area contributed by atoms with Crippen LogP contribution in [0.5, 0.6) is 11.5 Å². The molecule has 0 aromatic heterocycles. The molecule has 1 aliphatic heterocycles. The van der Waals surface area contributed by atoms with Crippen LogP contribution < -0.4 is 15.2 Å². The Morgan fingerprint density at radius 1 is 1.44 bits per heavy atom. The van der Waals surface area contributed by atoms with Crippen LogP contribution in [0.4, 0.5) is 0 Å². The maximum absolute atomic E-state index is 8.81. The summed E-state index contributed by atoms with van der Waals surface area (Å²) in [6.45, 7) is 0.225. The molecule has 0 amide bonds. The lowest BCUT2D eigenvalue weighted by atomic mass is 10.1. The smallest absolute Gasteiger partial charge is 0.231 e. The summed E-state index contributed by atoms with van der Waals surface area (Å²) in [5.41, 5.74) is 6.46. The fraction of sp³-hybridized carbons (Fsp3) is 0.0909. The van der Waals surface area contributed by atoms with E-state index in [1.54, 1.807) is 18.2 Å². The van der Waals surface area contributed by atoms with E-state index in [0.29, 0.717) is 11.5 Å². The van der Waals surface area contributed by atoms with Gasteiger partial charge in [0.1, 0.15) is 11.1 Å². The van der Waals surface area contributed by atoms with Crippen LogP contribution in [0.25, 0.3) is 6.08 Å². The van der Waals surface area contributed by atoms with Crippen molar-refractivity contribution in [3.8, 4) is 17.6 Å². The lowest BCUT2D eigenvalue weighted by Crippen LogP contribution is -2.09. The molecule has 1 aliphatic rings. The molecule has 0 saturated heterocycles. The molecule has 5 heteroatoms. The first-order valence-corrected chi connectivity index (χ1v) is 4.93. The van der Waals surface area contributed by atoms with Crippen molar-refractivity contribution in [1.29, 1.82) is 5.26 Å². The Hall–Kier alpha value is -2.06. The number of thiocarbonyl (C=S) groups is 1. The zero-order valence-electron chi connectivity index (χ0n) is 8.27. The highest BCUT2D eigenvalue weighted by Gasteiger charge is 2.12. The minimum Gasteiger partial charge on any atom is -0.454 e. The number of nitriles is 1. The van der Waals surface area contributed by atoms with Gasteiger partial charge in [-0.2, -0.15) is 5.26 Å². The maximum Gasteiger partial charge on any atom is 0.231 e. The van der Waals surface area contributed by atoms with Crippen molar-refractivity contribution in [2.24, 2.45) is 5.73 Å². The van der Waals surface area contributed by atoms with Gasteiger partial charge in [0.25, 0.3) is 0 Å². The summed E-state index contributed by atoms with van der Waals surface area (Å²) in [6.07, 6.45) is 1.62. The topological polar surface area (TPSA) is 68.3 Å². The Bertz CT molecular complexity index is 517. The standard InChI is InChI=1S/C11H8N2O2S/c12-5-8(11(13)16)3-7-1-2-9-10(4-7)15-6-14-9/h1-4H,6H2,(H2,13,16)/b8-3+. The third-order valence-electron chi connectivity index (χ3n) is 2.09. The van der Waals surface area contributed by atoms with E-state index in [-0.39, 0.29) is 17.4 Å². The zero-order valence-corrected chi connectivity index (χ0v) is 9.08. The molecule has 0 bridgehead atoms. The second-order valence-electron chi connectivity index (χ2n) is 3.15.